The van der Waals surface area contributed by atoms with Gasteiger partial charge >= 0.3 is 5.69 Å². The minimum absolute atomic E-state index is 0.0728. The van der Waals surface area contributed by atoms with Crippen LogP contribution < -0.4 is 16.1 Å². The second-order valence-electron chi connectivity index (χ2n) is 7.98. The van der Waals surface area contributed by atoms with Gasteiger partial charge in [0.1, 0.15) is 10.4 Å². The van der Waals surface area contributed by atoms with Crippen molar-refractivity contribution in [2.75, 3.05) is 17.2 Å². The van der Waals surface area contributed by atoms with Crippen molar-refractivity contribution in [2.24, 2.45) is 14.1 Å². The molecule has 0 bridgehead atoms. The number of amides is 1. The summed E-state index contributed by atoms with van der Waals surface area (Å²) in [7, 11) is 2.97. The lowest BCUT2D eigenvalue weighted by atomic mass is 10.2. The largest absolute Gasteiger partial charge is 0.332 e. The van der Waals surface area contributed by atoms with Crippen LogP contribution in [-0.4, -0.2) is 37.3 Å². The first-order valence-electron chi connectivity index (χ1n) is 10.6. The van der Waals surface area contributed by atoms with Crippen molar-refractivity contribution in [3.05, 3.63) is 80.0 Å². The third-order valence-corrected chi connectivity index (χ3v) is 7.10. The molecule has 0 radical (unpaired) electrons. The standard InChI is InChI=1S/C24H20ClN5O3S/c1-28-21-19(23(32)29(2)24(28)33)22(27-20(26-21)15-7-9-16(25)10-8-15)34-13-18(31)30-12-11-14-5-3-4-6-17(14)30/h3-10H,11-13H2,1-2H3. The molecule has 172 valence electrons. The first-order valence-corrected chi connectivity index (χ1v) is 12.0. The van der Waals surface area contributed by atoms with Crippen LogP contribution >= 0.6 is 23.4 Å². The van der Waals surface area contributed by atoms with E-state index in [-0.39, 0.29) is 22.7 Å². The van der Waals surface area contributed by atoms with Gasteiger partial charge in [0.2, 0.25) is 5.91 Å². The van der Waals surface area contributed by atoms with E-state index in [0.717, 1.165) is 22.2 Å². The van der Waals surface area contributed by atoms with Gasteiger partial charge in [-0.25, -0.2) is 14.8 Å². The molecule has 0 atom stereocenters. The quantitative estimate of drug-likeness (QED) is 0.320. The number of fused-ring (bicyclic) bond motifs is 2. The van der Waals surface area contributed by atoms with Gasteiger partial charge in [-0.15, -0.1) is 0 Å². The number of carbonyl (C=O) groups excluding carboxylic acids is 1. The molecule has 2 aromatic heterocycles. The molecule has 0 aliphatic carbocycles. The molecule has 2 aromatic carbocycles. The molecular weight excluding hydrogens is 474 g/mol. The number of halogens is 1. The van der Waals surface area contributed by atoms with E-state index < -0.39 is 11.2 Å². The summed E-state index contributed by atoms with van der Waals surface area (Å²) in [6.45, 7) is 0.621. The molecule has 0 saturated heterocycles. The van der Waals surface area contributed by atoms with Crippen LogP contribution in [0.25, 0.3) is 22.4 Å². The highest BCUT2D eigenvalue weighted by Gasteiger charge is 2.25. The molecule has 0 unspecified atom stereocenters. The number of aromatic nitrogens is 4. The number of aryl methyl sites for hydroxylation is 1. The van der Waals surface area contributed by atoms with Gasteiger partial charge in [-0.3, -0.25) is 18.7 Å². The Morgan fingerprint density at radius 1 is 1.03 bits per heavy atom. The lowest BCUT2D eigenvalue weighted by Gasteiger charge is -2.17. The molecule has 0 N–H and O–H groups in total. The Labute approximate surface area is 203 Å². The minimum Gasteiger partial charge on any atom is -0.311 e. The maximum Gasteiger partial charge on any atom is 0.332 e. The van der Waals surface area contributed by atoms with Crippen LogP contribution in [0.2, 0.25) is 5.02 Å². The maximum atomic E-state index is 13.1. The summed E-state index contributed by atoms with van der Waals surface area (Å²) in [5.41, 5.74) is 1.97. The van der Waals surface area contributed by atoms with Crippen molar-refractivity contribution in [3.8, 4) is 11.4 Å². The Kier molecular flexibility index (Phi) is 5.75. The van der Waals surface area contributed by atoms with E-state index in [0.29, 0.717) is 28.0 Å². The molecule has 0 spiro atoms. The van der Waals surface area contributed by atoms with Crippen LogP contribution in [0.4, 0.5) is 5.69 Å². The Balaban J connectivity index is 1.58. The van der Waals surface area contributed by atoms with E-state index in [1.807, 2.05) is 24.3 Å². The Bertz CT molecular complexity index is 1560. The zero-order valence-corrected chi connectivity index (χ0v) is 20.1. The lowest BCUT2D eigenvalue weighted by molar-refractivity contribution is -0.116. The average Bonchev–Trinajstić information content (AvgIpc) is 3.29. The van der Waals surface area contributed by atoms with Crippen molar-refractivity contribution >= 4 is 46.0 Å². The summed E-state index contributed by atoms with van der Waals surface area (Å²) in [6, 6.07) is 14.8. The van der Waals surface area contributed by atoms with Crippen molar-refractivity contribution in [1.29, 1.82) is 0 Å². The van der Waals surface area contributed by atoms with Crippen LogP contribution in [0, 0.1) is 0 Å². The van der Waals surface area contributed by atoms with Gasteiger partial charge < -0.3 is 4.90 Å². The van der Waals surface area contributed by atoms with Crippen LogP contribution in [0.5, 0.6) is 0 Å². The molecular formula is C24H20ClN5O3S. The molecule has 0 fully saturated rings. The summed E-state index contributed by atoms with van der Waals surface area (Å²) in [4.78, 5) is 49.6. The van der Waals surface area contributed by atoms with Crippen LogP contribution in [-0.2, 0) is 25.3 Å². The molecule has 5 rings (SSSR count). The third-order valence-electron chi connectivity index (χ3n) is 5.89. The summed E-state index contributed by atoms with van der Waals surface area (Å²) in [5, 5.41) is 1.13. The minimum atomic E-state index is -0.498. The summed E-state index contributed by atoms with van der Waals surface area (Å²) < 4.78 is 2.34. The summed E-state index contributed by atoms with van der Waals surface area (Å²) >= 11 is 7.19. The van der Waals surface area contributed by atoms with E-state index in [2.05, 4.69) is 9.97 Å². The summed E-state index contributed by atoms with van der Waals surface area (Å²) in [6.07, 6.45) is 0.812. The topological polar surface area (TPSA) is 90.1 Å². The predicted molar refractivity (Wildman–Crippen MR) is 134 cm³/mol. The number of anilines is 1. The van der Waals surface area contributed by atoms with E-state index in [1.54, 1.807) is 36.2 Å². The number of nitrogens with zero attached hydrogens (tertiary/aromatic N) is 5. The third kappa shape index (κ3) is 3.80. The molecule has 3 heterocycles. The Morgan fingerprint density at radius 2 is 1.76 bits per heavy atom. The molecule has 4 aromatic rings. The van der Waals surface area contributed by atoms with Gasteiger partial charge in [-0.05, 0) is 42.3 Å². The van der Waals surface area contributed by atoms with E-state index in [9.17, 15) is 14.4 Å². The van der Waals surface area contributed by atoms with E-state index in [4.69, 9.17) is 11.6 Å². The monoisotopic (exact) mass is 493 g/mol. The van der Waals surface area contributed by atoms with E-state index >= 15 is 0 Å². The Hall–Kier alpha value is -3.43. The fourth-order valence-corrected chi connectivity index (χ4v) is 5.08. The molecule has 10 heteroatoms. The molecule has 8 nitrogen and oxygen atoms in total. The molecule has 1 aliphatic heterocycles. The molecule has 0 saturated carbocycles. The van der Waals surface area contributed by atoms with Gasteiger partial charge in [0, 0.05) is 36.9 Å². The van der Waals surface area contributed by atoms with Gasteiger partial charge in [0.15, 0.2) is 11.5 Å². The predicted octanol–water partition coefficient (Wildman–Crippen LogP) is 3.03. The van der Waals surface area contributed by atoms with Crippen LogP contribution in [0.1, 0.15) is 5.56 Å². The number of carbonyl (C=O) groups is 1. The van der Waals surface area contributed by atoms with Crippen molar-refractivity contribution in [2.45, 2.75) is 11.4 Å². The first kappa shape index (κ1) is 22.4. The second-order valence-corrected chi connectivity index (χ2v) is 9.38. The maximum absolute atomic E-state index is 13.1. The number of benzene rings is 2. The normalized spacial score (nSPS) is 12.9. The van der Waals surface area contributed by atoms with E-state index in [1.165, 1.54) is 23.4 Å². The number of thioether (sulfide) groups is 1. The van der Waals surface area contributed by atoms with Gasteiger partial charge in [0.25, 0.3) is 5.56 Å². The highest BCUT2D eigenvalue weighted by Crippen LogP contribution is 2.30. The second kappa shape index (κ2) is 8.73. The zero-order valence-electron chi connectivity index (χ0n) is 18.5. The molecule has 1 aliphatic rings. The zero-order chi connectivity index (χ0) is 24.0. The highest BCUT2D eigenvalue weighted by atomic mass is 35.5. The molecule has 34 heavy (non-hydrogen) atoms. The Morgan fingerprint density at radius 3 is 2.53 bits per heavy atom. The number of rotatable bonds is 4. The number of hydrogen-bond donors (Lipinski definition) is 0. The fraction of sp³-hybridized carbons (Fsp3) is 0.208. The van der Waals surface area contributed by atoms with Crippen molar-refractivity contribution in [3.63, 3.8) is 0 Å². The number of hydrogen-bond acceptors (Lipinski definition) is 6. The van der Waals surface area contributed by atoms with Crippen LogP contribution in [0.15, 0.2) is 63.1 Å². The van der Waals surface area contributed by atoms with Gasteiger partial charge in [-0.2, -0.15) is 0 Å². The fourth-order valence-electron chi connectivity index (χ4n) is 4.07. The van der Waals surface area contributed by atoms with Crippen molar-refractivity contribution in [1.82, 2.24) is 19.1 Å². The highest BCUT2D eigenvalue weighted by molar-refractivity contribution is 8.00. The van der Waals surface area contributed by atoms with Crippen molar-refractivity contribution < 1.29 is 4.79 Å². The molecule has 1 amide bonds. The van der Waals surface area contributed by atoms with Gasteiger partial charge in [-0.1, -0.05) is 41.6 Å². The van der Waals surface area contributed by atoms with Gasteiger partial charge in [0.05, 0.1) is 5.75 Å². The lowest BCUT2D eigenvalue weighted by Crippen LogP contribution is -2.37. The average molecular weight is 494 g/mol. The first-order chi connectivity index (χ1) is 16.3. The van der Waals surface area contributed by atoms with Crippen LogP contribution in [0.3, 0.4) is 0 Å². The summed E-state index contributed by atoms with van der Waals surface area (Å²) in [5.74, 6) is 0.359. The smallest absolute Gasteiger partial charge is 0.311 e. The number of para-hydroxylation sites is 1. The SMILES string of the molecule is Cn1c(=O)c2c(SCC(=O)N3CCc4ccccc43)nc(-c3ccc(Cl)cc3)nc2n(C)c1=O.